The molecule has 1 aromatic heterocycles. The zero-order valence-electron chi connectivity index (χ0n) is 14.1. The van der Waals surface area contributed by atoms with Crippen molar-refractivity contribution in [2.24, 2.45) is 0 Å². The summed E-state index contributed by atoms with van der Waals surface area (Å²) < 4.78 is 47.7. The number of pyridine rings is 1. The highest BCUT2D eigenvalue weighted by Gasteiger charge is 2.29. The van der Waals surface area contributed by atoms with Crippen LogP contribution in [0, 0.1) is 0 Å². The molecule has 0 radical (unpaired) electrons. The smallest absolute Gasteiger partial charge is 0.422 e. The van der Waals surface area contributed by atoms with E-state index in [1.54, 1.807) is 24.3 Å². The summed E-state index contributed by atoms with van der Waals surface area (Å²) in [7, 11) is 0. The molecule has 0 saturated carbocycles. The minimum Gasteiger partial charge on any atom is -0.468 e. The van der Waals surface area contributed by atoms with Gasteiger partial charge in [-0.05, 0) is 36.6 Å². The van der Waals surface area contributed by atoms with Crippen LogP contribution < -0.4 is 10.1 Å². The van der Waals surface area contributed by atoms with Gasteiger partial charge in [-0.15, -0.1) is 0 Å². The highest BCUT2D eigenvalue weighted by Crippen LogP contribution is 2.32. The standard InChI is InChI=1S/C18H16ClF3N2O3/c19-12-5-3-11(4-6-12)14-8-13(24-16(25)15-2-1-7-26-15)9-23-17(14)27-10-18(20,21)22/h3-6,8-9,15H,1-2,7,10H2,(H,24,25)/t15-/m1/s1. The van der Waals surface area contributed by atoms with Gasteiger partial charge in [-0.1, -0.05) is 23.7 Å². The maximum atomic E-state index is 12.5. The van der Waals surface area contributed by atoms with E-state index in [4.69, 9.17) is 21.1 Å². The molecule has 1 N–H and O–H groups in total. The summed E-state index contributed by atoms with van der Waals surface area (Å²) in [4.78, 5) is 16.1. The number of halogens is 4. The molecule has 1 atom stereocenters. The largest absolute Gasteiger partial charge is 0.468 e. The molecular formula is C18H16ClF3N2O3. The van der Waals surface area contributed by atoms with Crippen LogP contribution >= 0.6 is 11.6 Å². The predicted octanol–water partition coefficient (Wildman–Crippen LogP) is 4.46. The zero-order chi connectivity index (χ0) is 19.4. The molecule has 0 spiro atoms. The molecule has 1 amide bonds. The third kappa shape index (κ3) is 5.33. The Kier molecular flexibility index (Phi) is 5.86. The number of nitrogens with one attached hydrogen (secondary N) is 1. The van der Waals surface area contributed by atoms with Gasteiger partial charge < -0.3 is 14.8 Å². The summed E-state index contributed by atoms with van der Waals surface area (Å²) in [5, 5.41) is 3.15. The molecule has 0 bridgehead atoms. The van der Waals surface area contributed by atoms with Crippen LogP contribution in [-0.2, 0) is 9.53 Å². The van der Waals surface area contributed by atoms with Crippen molar-refractivity contribution in [3.05, 3.63) is 41.6 Å². The van der Waals surface area contributed by atoms with E-state index in [1.807, 2.05) is 0 Å². The van der Waals surface area contributed by atoms with Crippen LogP contribution in [0.15, 0.2) is 36.5 Å². The van der Waals surface area contributed by atoms with Gasteiger partial charge >= 0.3 is 6.18 Å². The lowest BCUT2D eigenvalue weighted by molar-refractivity contribution is -0.154. The van der Waals surface area contributed by atoms with Crippen molar-refractivity contribution in [3.63, 3.8) is 0 Å². The summed E-state index contributed by atoms with van der Waals surface area (Å²) in [6.07, 6.45) is -2.36. The van der Waals surface area contributed by atoms with Gasteiger partial charge in [0.25, 0.3) is 5.91 Å². The topological polar surface area (TPSA) is 60.5 Å². The lowest BCUT2D eigenvalue weighted by atomic mass is 10.1. The lowest BCUT2D eigenvalue weighted by Crippen LogP contribution is -2.27. The maximum Gasteiger partial charge on any atom is 0.422 e. The Hall–Kier alpha value is -2.32. The monoisotopic (exact) mass is 400 g/mol. The first-order valence-corrected chi connectivity index (χ1v) is 8.57. The zero-order valence-corrected chi connectivity index (χ0v) is 14.8. The van der Waals surface area contributed by atoms with Crippen LogP contribution in [0.2, 0.25) is 5.02 Å². The van der Waals surface area contributed by atoms with Crippen LogP contribution in [0.25, 0.3) is 11.1 Å². The van der Waals surface area contributed by atoms with Crippen molar-refractivity contribution in [1.82, 2.24) is 4.98 Å². The fourth-order valence-electron chi connectivity index (χ4n) is 2.63. The average Bonchev–Trinajstić information content (AvgIpc) is 3.15. The van der Waals surface area contributed by atoms with Gasteiger partial charge in [-0.3, -0.25) is 4.79 Å². The number of carbonyl (C=O) groups is 1. The van der Waals surface area contributed by atoms with Crippen molar-refractivity contribution in [3.8, 4) is 17.0 Å². The number of rotatable bonds is 5. The van der Waals surface area contributed by atoms with Crippen molar-refractivity contribution >= 4 is 23.2 Å². The molecule has 5 nitrogen and oxygen atoms in total. The van der Waals surface area contributed by atoms with E-state index in [0.717, 1.165) is 6.42 Å². The van der Waals surface area contributed by atoms with E-state index in [-0.39, 0.29) is 11.8 Å². The molecule has 1 saturated heterocycles. The second kappa shape index (κ2) is 8.14. The van der Waals surface area contributed by atoms with Gasteiger partial charge in [0.05, 0.1) is 11.9 Å². The van der Waals surface area contributed by atoms with E-state index in [9.17, 15) is 18.0 Å². The second-order valence-corrected chi connectivity index (χ2v) is 6.41. The van der Waals surface area contributed by atoms with Crippen molar-refractivity contribution in [2.75, 3.05) is 18.5 Å². The number of hydrogen-bond acceptors (Lipinski definition) is 4. The molecule has 2 aromatic rings. The predicted molar refractivity (Wildman–Crippen MR) is 93.8 cm³/mol. The minimum absolute atomic E-state index is 0.190. The van der Waals surface area contributed by atoms with Crippen molar-refractivity contribution < 1.29 is 27.4 Å². The molecule has 144 valence electrons. The Balaban J connectivity index is 1.87. The molecule has 1 fully saturated rings. The summed E-state index contributed by atoms with van der Waals surface area (Å²) >= 11 is 5.87. The first-order chi connectivity index (χ1) is 12.8. The number of benzene rings is 1. The second-order valence-electron chi connectivity index (χ2n) is 5.98. The Bertz CT molecular complexity index is 806. The number of anilines is 1. The van der Waals surface area contributed by atoms with Gasteiger partial charge in [-0.2, -0.15) is 13.2 Å². The number of alkyl halides is 3. The van der Waals surface area contributed by atoms with Gasteiger partial charge in [0.1, 0.15) is 6.10 Å². The number of amides is 1. The Morgan fingerprint density at radius 2 is 2.07 bits per heavy atom. The number of nitrogens with zero attached hydrogens (tertiary/aromatic N) is 1. The first-order valence-electron chi connectivity index (χ1n) is 8.20. The van der Waals surface area contributed by atoms with Gasteiger partial charge in [0.15, 0.2) is 6.61 Å². The van der Waals surface area contributed by atoms with E-state index in [2.05, 4.69) is 10.3 Å². The minimum atomic E-state index is -4.49. The summed E-state index contributed by atoms with van der Waals surface area (Å²) in [5.74, 6) is -0.509. The Labute approximate surface area is 158 Å². The molecule has 3 rings (SSSR count). The molecular weight excluding hydrogens is 385 g/mol. The van der Waals surface area contributed by atoms with Crippen LogP contribution in [-0.4, -0.2) is 36.4 Å². The molecule has 1 aromatic carbocycles. The fourth-order valence-corrected chi connectivity index (χ4v) is 2.76. The maximum absolute atomic E-state index is 12.5. The van der Waals surface area contributed by atoms with E-state index in [0.29, 0.717) is 34.9 Å². The van der Waals surface area contributed by atoms with E-state index >= 15 is 0 Å². The first kappa shape index (κ1) is 19.4. The number of carbonyl (C=O) groups excluding carboxylic acids is 1. The lowest BCUT2D eigenvalue weighted by Gasteiger charge is -2.15. The number of aromatic nitrogens is 1. The normalized spacial score (nSPS) is 17.0. The Morgan fingerprint density at radius 1 is 1.33 bits per heavy atom. The molecule has 27 heavy (non-hydrogen) atoms. The van der Waals surface area contributed by atoms with Gasteiger partial charge in [0.2, 0.25) is 5.88 Å². The van der Waals surface area contributed by atoms with Crippen LogP contribution in [0.3, 0.4) is 0 Å². The molecule has 1 aliphatic rings. The third-order valence-electron chi connectivity index (χ3n) is 3.87. The van der Waals surface area contributed by atoms with Crippen LogP contribution in [0.5, 0.6) is 5.88 Å². The highest BCUT2D eigenvalue weighted by atomic mass is 35.5. The van der Waals surface area contributed by atoms with Crippen molar-refractivity contribution in [1.29, 1.82) is 0 Å². The van der Waals surface area contributed by atoms with Gasteiger partial charge in [-0.25, -0.2) is 4.98 Å². The van der Waals surface area contributed by atoms with Crippen molar-refractivity contribution in [2.45, 2.75) is 25.1 Å². The molecule has 2 heterocycles. The third-order valence-corrected chi connectivity index (χ3v) is 4.12. The highest BCUT2D eigenvalue weighted by molar-refractivity contribution is 6.30. The van der Waals surface area contributed by atoms with E-state index in [1.165, 1.54) is 12.3 Å². The van der Waals surface area contributed by atoms with Crippen LogP contribution in [0.1, 0.15) is 12.8 Å². The van der Waals surface area contributed by atoms with Gasteiger partial charge in [0, 0.05) is 17.2 Å². The molecule has 0 unspecified atom stereocenters. The quantitative estimate of drug-likeness (QED) is 0.805. The average molecular weight is 401 g/mol. The summed E-state index contributed by atoms with van der Waals surface area (Å²) in [6.45, 7) is -0.946. The van der Waals surface area contributed by atoms with E-state index < -0.39 is 18.9 Å². The number of hydrogen-bond donors (Lipinski definition) is 1. The Morgan fingerprint density at radius 3 is 2.70 bits per heavy atom. The fraction of sp³-hybridized carbons (Fsp3) is 0.333. The summed E-state index contributed by atoms with van der Waals surface area (Å²) in [5.41, 5.74) is 1.19. The number of ether oxygens (including phenoxy) is 2. The molecule has 0 aliphatic carbocycles. The van der Waals surface area contributed by atoms with Crippen LogP contribution in [0.4, 0.5) is 18.9 Å². The molecule has 9 heteroatoms. The summed E-state index contributed by atoms with van der Waals surface area (Å²) in [6, 6.07) is 7.97. The molecule has 1 aliphatic heterocycles. The SMILES string of the molecule is O=C(Nc1cnc(OCC(F)(F)F)c(-c2ccc(Cl)cc2)c1)[C@H]1CCCO1.